The van der Waals surface area contributed by atoms with Gasteiger partial charge in [0.1, 0.15) is 0 Å². The van der Waals surface area contributed by atoms with E-state index >= 15 is 0 Å². The van der Waals surface area contributed by atoms with Crippen molar-refractivity contribution in [3.8, 4) is 0 Å². The predicted octanol–water partition coefficient (Wildman–Crippen LogP) is 5.56. The van der Waals surface area contributed by atoms with Crippen molar-refractivity contribution in [3.63, 3.8) is 0 Å². The highest BCUT2D eigenvalue weighted by molar-refractivity contribution is 5.83. The molecule has 0 aliphatic rings. The van der Waals surface area contributed by atoms with Crippen molar-refractivity contribution >= 4 is 11.9 Å². The number of carbonyl (C=O) groups excluding carboxylic acids is 2. The molecule has 124 valence electrons. The number of carbonyl (C=O) groups is 2. The van der Waals surface area contributed by atoms with Crippen LogP contribution < -0.4 is 0 Å². The largest absolute Gasteiger partial charge is 0.393 e. The molecule has 0 rings (SSSR count). The van der Waals surface area contributed by atoms with E-state index in [9.17, 15) is 9.59 Å². The van der Waals surface area contributed by atoms with Crippen LogP contribution in [0.4, 0.5) is 0 Å². The van der Waals surface area contributed by atoms with Gasteiger partial charge < -0.3 is 4.74 Å². The van der Waals surface area contributed by atoms with Crippen LogP contribution in [0.15, 0.2) is 0 Å². The van der Waals surface area contributed by atoms with Crippen molar-refractivity contribution in [3.05, 3.63) is 0 Å². The highest BCUT2D eigenvalue weighted by Crippen LogP contribution is 2.13. The second-order valence-corrected chi connectivity index (χ2v) is 5.96. The van der Waals surface area contributed by atoms with Crippen molar-refractivity contribution in [2.24, 2.45) is 0 Å². The summed E-state index contributed by atoms with van der Waals surface area (Å²) >= 11 is 0. The fourth-order valence-corrected chi connectivity index (χ4v) is 2.50. The molecule has 21 heavy (non-hydrogen) atoms. The lowest BCUT2D eigenvalue weighted by Gasteiger charge is -2.03. The van der Waals surface area contributed by atoms with Crippen LogP contribution in [-0.2, 0) is 14.3 Å². The zero-order valence-corrected chi connectivity index (χ0v) is 14.1. The Morgan fingerprint density at radius 3 is 1.43 bits per heavy atom. The molecule has 0 aromatic carbocycles. The normalized spacial score (nSPS) is 10.6. The number of rotatable bonds is 14. The van der Waals surface area contributed by atoms with E-state index in [0.717, 1.165) is 12.8 Å². The maximum Gasteiger partial charge on any atom is 0.313 e. The molecule has 0 N–H and O–H groups in total. The SMILES string of the molecule is CCCCCCCCCCCCCCCC(=O)OC(C)=O. The first-order valence-corrected chi connectivity index (χ1v) is 8.88. The third-order valence-electron chi connectivity index (χ3n) is 3.74. The van der Waals surface area contributed by atoms with Gasteiger partial charge in [0.15, 0.2) is 0 Å². The van der Waals surface area contributed by atoms with E-state index in [1.54, 1.807) is 0 Å². The maximum atomic E-state index is 11.1. The van der Waals surface area contributed by atoms with Gasteiger partial charge in [0.25, 0.3) is 0 Å². The Morgan fingerprint density at radius 2 is 1.05 bits per heavy atom. The molecule has 0 aromatic rings. The van der Waals surface area contributed by atoms with E-state index in [2.05, 4.69) is 11.7 Å². The van der Waals surface area contributed by atoms with E-state index in [1.165, 1.54) is 77.6 Å². The molecule has 0 amide bonds. The molecular formula is C18H34O3. The third kappa shape index (κ3) is 17.1. The zero-order chi connectivity index (χ0) is 15.8. The number of ether oxygens (including phenoxy) is 1. The van der Waals surface area contributed by atoms with E-state index in [0.29, 0.717) is 6.42 Å². The van der Waals surface area contributed by atoms with Gasteiger partial charge in [-0.2, -0.15) is 0 Å². The molecule has 0 unspecified atom stereocenters. The maximum absolute atomic E-state index is 11.1. The Kier molecular flexibility index (Phi) is 14.9. The average Bonchev–Trinajstić information content (AvgIpc) is 2.43. The van der Waals surface area contributed by atoms with Gasteiger partial charge in [-0.05, 0) is 6.42 Å². The average molecular weight is 298 g/mol. The fourth-order valence-electron chi connectivity index (χ4n) is 2.50. The van der Waals surface area contributed by atoms with Crippen LogP contribution in [0.3, 0.4) is 0 Å². The molecule has 3 nitrogen and oxygen atoms in total. The summed E-state index contributed by atoms with van der Waals surface area (Å²) in [6.45, 7) is 3.52. The number of esters is 2. The molecule has 0 atom stereocenters. The Balaban J connectivity index is 3.09. The van der Waals surface area contributed by atoms with Crippen molar-refractivity contribution < 1.29 is 14.3 Å². The first-order valence-electron chi connectivity index (χ1n) is 8.88. The summed E-state index contributed by atoms with van der Waals surface area (Å²) in [7, 11) is 0. The van der Waals surface area contributed by atoms with E-state index in [4.69, 9.17) is 0 Å². The molecule has 0 heterocycles. The summed E-state index contributed by atoms with van der Waals surface area (Å²) in [5.41, 5.74) is 0. The molecule has 0 saturated heterocycles. The van der Waals surface area contributed by atoms with Gasteiger partial charge in [0.05, 0.1) is 0 Å². The highest BCUT2D eigenvalue weighted by Gasteiger charge is 2.04. The van der Waals surface area contributed by atoms with Crippen LogP contribution in [0.1, 0.15) is 104 Å². The van der Waals surface area contributed by atoms with Gasteiger partial charge in [-0.25, -0.2) is 0 Å². The van der Waals surface area contributed by atoms with Gasteiger partial charge in [-0.15, -0.1) is 0 Å². The lowest BCUT2D eigenvalue weighted by Crippen LogP contribution is -2.08. The Bertz CT molecular complexity index is 261. The second-order valence-electron chi connectivity index (χ2n) is 5.96. The lowest BCUT2D eigenvalue weighted by atomic mass is 10.0. The quantitative estimate of drug-likeness (QED) is 0.239. The van der Waals surface area contributed by atoms with Crippen LogP contribution >= 0.6 is 0 Å². The van der Waals surface area contributed by atoms with Crippen molar-refractivity contribution in [2.75, 3.05) is 0 Å². The van der Waals surface area contributed by atoms with Crippen molar-refractivity contribution in [1.82, 2.24) is 0 Å². The summed E-state index contributed by atoms with van der Waals surface area (Å²) in [5.74, 6) is -0.889. The minimum absolute atomic E-state index is 0.372. The molecule has 3 heteroatoms. The van der Waals surface area contributed by atoms with Crippen LogP contribution in [0, 0.1) is 0 Å². The molecule has 0 aliphatic heterocycles. The Morgan fingerprint density at radius 1 is 0.667 bits per heavy atom. The molecule has 0 saturated carbocycles. The van der Waals surface area contributed by atoms with Crippen LogP contribution in [0.2, 0.25) is 0 Å². The first kappa shape index (κ1) is 20.1. The predicted molar refractivity (Wildman–Crippen MR) is 87.1 cm³/mol. The van der Waals surface area contributed by atoms with Crippen molar-refractivity contribution in [1.29, 1.82) is 0 Å². The van der Waals surface area contributed by atoms with Gasteiger partial charge >= 0.3 is 11.9 Å². The highest BCUT2D eigenvalue weighted by atomic mass is 16.6. The van der Waals surface area contributed by atoms with E-state index in [1.807, 2.05) is 0 Å². The topological polar surface area (TPSA) is 43.4 Å². The summed E-state index contributed by atoms with van der Waals surface area (Å²) in [6.07, 6.45) is 17.1. The number of unbranched alkanes of at least 4 members (excludes halogenated alkanes) is 12. The molecule has 0 spiro atoms. The molecule has 0 radical (unpaired) electrons. The van der Waals surface area contributed by atoms with Gasteiger partial charge in [-0.3, -0.25) is 9.59 Å². The molecular weight excluding hydrogens is 264 g/mol. The van der Waals surface area contributed by atoms with Crippen molar-refractivity contribution in [2.45, 2.75) is 104 Å². The van der Waals surface area contributed by atoms with Crippen LogP contribution in [-0.4, -0.2) is 11.9 Å². The van der Waals surface area contributed by atoms with Gasteiger partial charge in [0, 0.05) is 13.3 Å². The second kappa shape index (κ2) is 15.5. The van der Waals surface area contributed by atoms with Gasteiger partial charge in [0.2, 0.25) is 0 Å². The molecule has 0 fully saturated rings. The standard InChI is InChI=1S/C18H34O3/c1-3-4-5-6-7-8-9-10-11-12-13-14-15-16-18(20)21-17(2)19/h3-16H2,1-2H3. The van der Waals surface area contributed by atoms with E-state index in [-0.39, 0.29) is 5.97 Å². The summed E-state index contributed by atoms with van der Waals surface area (Å²) in [6, 6.07) is 0. The minimum atomic E-state index is -0.505. The number of hydrogen-bond donors (Lipinski definition) is 0. The van der Waals surface area contributed by atoms with E-state index < -0.39 is 5.97 Å². The molecule has 0 aromatic heterocycles. The van der Waals surface area contributed by atoms with Crippen LogP contribution in [0.5, 0.6) is 0 Å². The summed E-state index contributed by atoms with van der Waals surface area (Å²) in [5, 5.41) is 0. The van der Waals surface area contributed by atoms with Gasteiger partial charge in [-0.1, -0.05) is 84.0 Å². The summed E-state index contributed by atoms with van der Waals surface area (Å²) < 4.78 is 4.48. The fraction of sp³-hybridized carbons (Fsp3) is 0.889. The Labute approximate surface area is 130 Å². The molecule has 0 bridgehead atoms. The third-order valence-corrected chi connectivity index (χ3v) is 3.74. The first-order chi connectivity index (χ1) is 10.2. The Hall–Kier alpha value is -0.860. The smallest absolute Gasteiger partial charge is 0.313 e. The summed E-state index contributed by atoms with van der Waals surface area (Å²) in [4.78, 5) is 21.7. The van der Waals surface area contributed by atoms with Crippen LogP contribution in [0.25, 0.3) is 0 Å². The minimum Gasteiger partial charge on any atom is -0.393 e. The monoisotopic (exact) mass is 298 g/mol. The zero-order valence-electron chi connectivity index (χ0n) is 14.1. The molecule has 0 aliphatic carbocycles. The lowest BCUT2D eigenvalue weighted by molar-refractivity contribution is -0.158. The number of hydrogen-bond acceptors (Lipinski definition) is 3.